The van der Waals surface area contributed by atoms with Crippen molar-refractivity contribution in [2.75, 3.05) is 7.05 Å². The Labute approximate surface area is 141 Å². The maximum Gasteiger partial charge on any atom is 0.253 e. The third-order valence-electron chi connectivity index (χ3n) is 4.01. The summed E-state index contributed by atoms with van der Waals surface area (Å²) in [5.41, 5.74) is 0.0435. The van der Waals surface area contributed by atoms with Crippen LogP contribution in [0.3, 0.4) is 0 Å². The topological polar surface area (TPSA) is 80.2 Å². The fraction of sp³-hybridized carbons (Fsp3) is 0.235. The monoisotopic (exact) mass is 323 g/mol. The number of benzene rings is 1. The first kappa shape index (κ1) is 17.7. The third kappa shape index (κ3) is 3.31. The number of imide groups is 1. The molecular formula is C17H18BN3O3. The fourth-order valence-corrected chi connectivity index (χ4v) is 2.58. The van der Waals surface area contributed by atoms with E-state index >= 15 is 0 Å². The van der Waals surface area contributed by atoms with Gasteiger partial charge in [-0.25, -0.2) is 0 Å². The molecule has 1 heterocycles. The van der Waals surface area contributed by atoms with Crippen molar-refractivity contribution < 1.29 is 9.59 Å². The first-order valence-corrected chi connectivity index (χ1v) is 7.40. The molecule has 2 aromatic rings. The Morgan fingerprint density at radius 2 is 1.96 bits per heavy atom. The van der Waals surface area contributed by atoms with Crippen molar-refractivity contribution in [1.29, 1.82) is 0 Å². The maximum absolute atomic E-state index is 12.6. The zero-order valence-corrected chi connectivity index (χ0v) is 13.6. The quantitative estimate of drug-likeness (QED) is 0.546. The summed E-state index contributed by atoms with van der Waals surface area (Å²) in [5.74, 6) is -0.557. The molecule has 2 N–H and O–H groups in total. The Kier molecular flexibility index (Phi) is 5.36. The molecule has 0 fully saturated rings. The molecule has 0 bridgehead atoms. The van der Waals surface area contributed by atoms with Crippen LogP contribution in [0, 0.1) is 6.92 Å². The van der Waals surface area contributed by atoms with Crippen LogP contribution >= 0.6 is 0 Å². The molecule has 0 aliphatic rings. The summed E-state index contributed by atoms with van der Waals surface area (Å²) < 4.78 is 1.34. The number of carbonyl (C=O) groups is 2. The summed E-state index contributed by atoms with van der Waals surface area (Å²) in [7, 11) is 7.26. The van der Waals surface area contributed by atoms with Gasteiger partial charge in [0.05, 0.1) is 6.54 Å². The van der Waals surface area contributed by atoms with Gasteiger partial charge in [-0.1, -0.05) is 35.9 Å². The Morgan fingerprint density at radius 3 is 2.54 bits per heavy atom. The molecule has 1 unspecified atom stereocenters. The van der Waals surface area contributed by atoms with Gasteiger partial charge in [-0.15, -0.1) is 0 Å². The summed E-state index contributed by atoms with van der Waals surface area (Å²) in [4.78, 5) is 35.7. The zero-order valence-electron chi connectivity index (χ0n) is 13.6. The zero-order chi connectivity index (χ0) is 17.7. The van der Waals surface area contributed by atoms with Gasteiger partial charge in [-0.2, -0.15) is 0 Å². The summed E-state index contributed by atoms with van der Waals surface area (Å²) in [6, 6.07) is 10.4. The van der Waals surface area contributed by atoms with Crippen molar-refractivity contribution in [1.82, 2.24) is 15.2 Å². The molecule has 0 aliphatic carbocycles. The van der Waals surface area contributed by atoms with Gasteiger partial charge in [-0.3, -0.25) is 19.7 Å². The molecule has 24 heavy (non-hydrogen) atoms. The molecule has 2 radical (unpaired) electrons. The number of aromatic nitrogens is 1. The minimum atomic E-state index is -1.30. The number of nitrogens with zero attached hydrogens (tertiary/aromatic N) is 1. The van der Waals surface area contributed by atoms with E-state index in [2.05, 4.69) is 10.6 Å². The average Bonchev–Trinajstić information content (AvgIpc) is 2.57. The molecule has 122 valence electrons. The molecule has 6 nitrogen and oxygen atoms in total. The third-order valence-corrected chi connectivity index (χ3v) is 4.01. The molecule has 0 saturated heterocycles. The van der Waals surface area contributed by atoms with E-state index in [1.807, 2.05) is 19.1 Å². The van der Waals surface area contributed by atoms with E-state index in [9.17, 15) is 14.4 Å². The van der Waals surface area contributed by atoms with E-state index in [0.29, 0.717) is 12.0 Å². The van der Waals surface area contributed by atoms with Gasteiger partial charge in [0.1, 0.15) is 13.4 Å². The second-order valence-electron chi connectivity index (χ2n) is 5.51. The van der Waals surface area contributed by atoms with Crippen LogP contribution in [-0.2, 0) is 21.7 Å². The number of hydrogen-bond acceptors (Lipinski definition) is 4. The highest BCUT2D eigenvalue weighted by Gasteiger charge is 2.39. The molecule has 1 aromatic heterocycles. The van der Waals surface area contributed by atoms with Crippen LogP contribution in [-0.4, -0.2) is 31.8 Å². The fourth-order valence-electron chi connectivity index (χ4n) is 2.58. The van der Waals surface area contributed by atoms with Crippen LogP contribution in [0.25, 0.3) is 0 Å². The summed E-state index contributed by atoms with van der Waals surface area (Å²) in [6.45, 7) is 1.91. The van der Waals surface area contributed by atoms with Gasteiger partial charge in [0.25, 0.3) is 5.91 Å². The molecule has 0 saturated carbocycles. The predicted molar refractivity (Wildman–Crippen MR) is 92.2 cm³/mol. The lowest BCUT2D eigenvalue weighted by atomic mass is 9.87. The van der Waals surface area contributed by atoms with Gasteiger partial charge in [-0.05, 0) is 31.1 Å². The Bertz CT molecular complexity index is 801. The lowest BCUT2D eigenvalue weighted by Gasteiger charge is -2.32. The largest absolute Gasteiger partial charge is 0.313 e. The van der Waals surface area contributed by atoms with Gasteiger partial charge in [0.15, 0.2) is 0 Å². The number of amides is 2. The lowest BCUT2D eigenvalue weighted by Crippen LogP contribution is -2.57. The minimum absolute atomic E-state index is 0.0178. The lowest BCUT2D eigenvalue weighted by molar-refractivity contribution is -0.131. The molecule has 0 aliphatic heterocycles. The normalized spacial score (nSPS) is 13.1. The molecule has 2 amide bonds. The van der Waals surface area contributed by atoms with Crippen LogP contribution in [0.2, 0.25) is 0 Å². The Morgan fingerprint density at radius 1 is 1.29 bits per heavy atom. The van der Waals surface area contributed by atoms with Crippen molar-refractivity contribution in [3.8, 4) is 0 Å². The molecule has 1 atom stereocenters. The Hall–Kier alpha value is -2.67. The van der Waals surface area contributed by atoms with E-state index in [1.165, 1.54) is 10.6 Å². The van der Waals surface area contributed by atoms with E-state index in [-0.39, 0.29) is 12.0 Å². The number of rotatable bonds is 6. The first-order valence-electron chi connectivity index (χ1n) is 7.40. The first-order chi connectivity index (χ1) is 11.4. The summed E-state index contributed by atoms with van der Waals surface area (Å²) in [5, 5.41) is 5.14. The number of carbonyl (C=O) groups excluding carboxylic acids is 2. The van der Waals surface area contributed by atoms with E-state index in [4.69, 9.17) is 7.85 Å². The SMILES string of the molecule is [B]c1cccn(CC(NC)(C(=O)NC=O)c2ccc(C)cc2)c1=O. The van der Waals surface area contributed by atoms with Gasteiger partial charge >= 0.3 is 0 Å². The van der Waals surface area contributed by atoms with Crippen molar-refractivity contribution in [3.05, 3.63) is 64.1 Å². The van der Waals surface area contributed by atoms with Gasteiger partial charge in [0.2, 0.25) is 12.0 Å². The number of likely N-dealkylation sites (N-methyl/N-ethyl adjacent to an activating group) is 1. The predicted octanol–water partition coefficient (Wildman–Crippen LogP) is -0.662. The molecular weight excluding hydrogens is 305 g/mol. The van der Waals surface area contributed by atoms with Crippen molar-refractivity contribution in [2.45, 2.75) is 19.0 Å². The minimum Gasteiger partial charge on any atom is -0.313 e. The highest BCUT2D eigenvalue weighted by Crippen LogP contribution is 2.23. The van der Waals surface area contributed by atoms with Gasteiger partial charge < -0.3 is 9.88 Å². The summed E-state index contributed by atoms with van der Waals surface area (Å²) >= 11 is 0. The maximum atomic E-state index is 12.6. The molecule has 7 heteroatoms. The highest BCUT2D eigenvalue weighted by atomic mass is 16.2. The van der Waals surface area contributed by atoms with Crippen LogP contribution in [0.5, 0.6) is 0 Å². The van der Waals surface area contributed by atoms with Crippen LogP contribution in [0.15, 0.2) is 47.4 Å². The van der Waals surface area contributed by atoms with Crippen molar-refractivity contribution in [2.24, 2.45) is 0 Å². The molecule has 2 rings (SSSR count). The van der Waals surface area contributed by atoms with E-state index < -0.39 is 17.0 Å². The van der Waals surface area contributed by atoms with E-state index in [0.717, 1.165) is 5.56 Å². The number of nitrogens with one attached hydrogen (secondary N) is 2. The van der Waals surface area contributed by atoms with Crippen LogP contribution in [0.4, 0.5) is 0 Å². The standard InChI is InChI=1S/C17H18BN3O3/c1-12-5-7-13(8-6-12)17(19-2,16(24)20-11-22)10-21-9-3-4-14(18)15(21)23/h3-9,11,19H,10H2,1-2H3,(H,20,22,24). The van der Waals surface area contributed by atoms with E-state index in [1.54, 1.807) is 31.4 Å². The van der Waals surface area contributed by atoms with Gasteiger partial charge in [0, 0.05) is 6.20 Å². The highest BCUT2D eigenvalue weighted by molar-refractivity contribution is 6.31. The second-order valence-corrected chi connectivity index (χ2v) is 5.51. The second kappa shape index (κ2) is 7.27. The molecule has 0 spiro atoms. The average molecular weight is 323 g/mol. The summed E-state index contributed by atoms with van der Waals surface area (Å²) in [6.07, 6.45) is 1.87. The van der Waals surface area contributed by atoms with Crippen LogP contribution < -0.4 is 21.7 Å². The Balaban J connectivity index is 2.59. The smallest absolute Gasteiger partial charge is 0.253 e. The van der Waals surface area contributed by atoms with Crippen molar-refractivity contribution in [3.63, 3.8) is 0 Å². The number of hydrogen-bond donors (Lipinski definition) is 2. The number of pyridine rings is 1. The van der Waals surface area contributed by atoms with Crippen molar-refractivity contribution >= 4 is 25.6 Å². The number of aryl methyl sites for hydroxylation is 1. The molecule has 1 aromatic carbocycles. The van der Waals surface area contributed by atoms with Crippen LogP contribution in [0.1, 0.15) is 11.1 Å².